The van der Waals surface area contributed by atoms with E-state index in [-0.39, 0.29) is 5.54 Å². The molecule has 1 saturated heterocycles. The predicted octanol–water partition coefficient (Wildman–Crippen LogP) is 1.18. The summed E-state index contributed by atoms with van der Waals surface area (Å²) in [4.78, 5) is 2.24. The summed E-state index contributed by atoms with van der Waals surface area (Å²) < 4.78 is 0. The van der Waals surface area contributed by atoms with E-state index in [1.54, 1.807) is 0 Å². The van der Waals surface area contributed by atoms with Crippen molar-refractivity contribution in [2.24, 2.45) is 0 Å². The van der Waals surface area contributed by atoms with Crippen LogP contribution >= 0.6 is 0 Å². The fourth-order valence-electron chi connectivity index (χ4n) is 1.80. The van der Waals surface area contributed by atoms with Crippen molar-refractivity contribution in [1.29, 1.82) is 0 Å². The minimum Gasteiger partial charge on any atom is -0.313 e. The number of hydrogen-bond donors (Lipinski definition) is 1. The molecular weight excluding hydrogens is 152 g/mol. The third kappa shape index (κ3) is 1.97. The highest BCUT2D eigenvalue weighted by molar-refractivity contribution is 4.88. The Morgan fingerprint density at radius 1 is 1.42 bits per heavy atom. The Morgan fingerprint density at radius 3 is 2.42 bits per heavy atom. The molecule has 1 heterocycles. The molecule has 1 aliphatic heterocycles. The molecular formula is C9H20N2O. The maximum atomic E-state index is 9.55. The van der Waals surface area contributed by atoms with Crippen molar-refractivity contribution in [2.45, 2.75) is 38.3 Å². The van der Waals surface area contributed by atoms with Gasteiger partial charge in [-0.05, 0) is 40.8 Å². The van der Waals surface area contributed by atoms with E-state index in [4.69, 9.17) is 0 Å². The zero-order valence-electron chi connectivity index (χ0n) is 8.54. The summed E-state index contributed by atoms with van der Waals surface area (Å²) in [5.41, 5.74) is -0.0623. The first-order valence-electron chi connectivity index (χ1n) is 4.56. The van der Waals surface area contributed by atoms with Crippen LogP contribution in [0.5, 0.6) is 0 Å². The third-order valence-electron chi connectivity index (χ3n) is 2.84. The lowest BCUT2D eigenvalue weighted by molar-refractivity contribution is -0.187. The molecule has 0 saturated carbocycles. The molecule has 0 aliphatic carbocycles. The van der Waals surface area contributed by atoms with Crippen molar-refractivity contribution in [3.63, 3.8) is 0 Å². The van der Waals surface area contributed by atoms with Crippen LogP contribution in [0.2, 0.25) is 0 Å². The van der Waals surface area contributed by atoms with Crippen LogP contribution in [0.15, 0.2) is 0 Å². The normalized spacial score (nSPS) is 31.0. The van der Waals surface area contributed by atoms with Gasteiger partial charge in [-0.2, -0.15) is 5.06 Å². The van der Waals surface area contributed by atoms with E-state index < -0.39 is 0 Å². The molecule has 0 aromatic heterocycles. The maximum Gasteiger partial charge on any atom is 0.0419 e. The fourth-order valence-corrected chi connectivity index (χ4v) is 1.80. The molecule has 0 bridgehead atoms. The van der Waals surface area contributed by atoms with Crippen molar-refractivity contribution in [2.75, 3.05) is 20.6 Å². The van der Waals surface area contributed by atoms with Gasteiger partial charge in [0, 0.05) is 18.1 Å². The van der Waals surface area contributed by atoms with Gasteiger partial charge < -0.3 is 10.1 Å². The van der Waals surface area contributed by atoms with Gasteiger partial charge in [0.15, 0.2) is 0 Å². The minimum atomic E-state index is -0.0623. The third-order valence-corrected chi connectivity index (χ3v) is 2.84. The van der Waals surface area contributed by atoms with Crippen molar-refractivity contribution >= 4 is 0 Å². The number of nitrogens with zero attached hydrogens (tertiary/aromatic N) is 2. The summed E-state index contributed by atoms with van der Waals surface area (Å²) in [5.74, 6) is 0. The van der Waals surface area contributed by atoms with E-state index in [0.717, 1.165) is 19.4 Å². The van der Waals surface area contributed by atoms with Crippen LogP contribution in [0.3, 0.4) is 0 Å². The molecule has 1 atom stereocenters. The molecule has 0 radical (unpaired) electrons. The Hall–Kier alpha value is -0.120. The molecule has 1 N–H and O–H groups in total. The van der Waals surface area contributed by atoms with E-state index >= 15 is 0 Å². The minimum absolute atomic E-state index is 0.0623. The Balaban J connectivity index is 2.57. The Labute approximate surface area is 74.9 Å². The quantitative estimate of drug-likeness (QED) is 0.643. The summed E-state index contributed by atoms with van der Waals surface area (Å²) in [6.07, 6.45) is 2.10. The van der Waals surface area contributed by atoms with Gasteiger partial charge in [-0.15, -0.1) is 0 Å². The highest BCUT2D eigenvalue weighted by Crippen LogP contribution is 2.27. The average Bonchev–Trinajstić information content (AvgIpc) is 1.94. The van der Waals surface area contributed by atoms with Gasteiger partial charge in [-0.1, -0.05) is 0 Å². The van der Waals surface area contributed by atoms with Gasteiger partial charge in [0.2, 0.25) is 0 Å². The van der Waals surface area contributed by atoms with Crippen molar-refractivity contribution < 1.29 is 5.21 Å². The molecule has 3 nitrogen and oxygen atoms in total. The Morgan fingerprint density at radius 2 is 2.00 bits per heavy atom. The number of rotatable bonds is 1. The van der Waals surface area contributed by atoms with Crippen LogP contribution in [-0.4, -0.2) is 47.4 Å². The Bertz CT molecular complexity index is 157. The molecule has 0 amide bonds. The second-order valence-electron chi connectivity index (χ2n) is 4.55. The molecule has 1 unspecified atom stereocenters. The molecule has 0 spiro atoms. The summed E-state index contributed by atoms with van der Waals surface area (Å²) in [7, 11) is 4.21. The summed E-state index contributed by atoms with van der Waals surface area (Å²) in [5, 5.41) is 11.0. The first-order valence-corrected chi connectivity index (χ1v) is 4.56. The second kappa shape index (κ2) is 3.32. The molecule has 1 rings (SSSR count). The zero-order valence-corrected chi connectivity index (χ0v) is 8.54. The zero-order chi connectivity index (χ0) is 9.35. The topological polar surface area (TPSA) is 26.7 Å². The SMILES string of the molecule is CN(C)C1CCN(O)C(C)(C)C1. The van der Waals surface area contributed by atoms with Crippen LogP contribution in [0.25, 0.3) is 0 Å². The first-order chi connectivity index (χ1) is 5.43. The first kappa shape index (κ1) is 9.96. The lowest BCUT2D eigenvalue weighted by atomic mass is 9.88. The van der Waals surface area contributed by atoms with Crippen molar-refractivity contribution in [3.05, 3.63) is 0 Å². The smallest absolute Gasteiger partial charge is 0.0419 e. The van der Waals surface area contributed by atoms with Crippen molar-refractivity contribution in [1.82, 2.24) is 9.96 Å². The van der Waals surface area contributed by atoms with Gasteiger partial charge in [0.1, 0.15) is 0 Å². The average molecular weight is 172 g/mol. The molecule has 72 valence electrons. The summed E-state index contributed by atoms with van der Waals surface area (Å²) in [6.45, 7) is 4.96. The second-order valence-corrected chi connectivity index (χ2v) is 4.55. The van der Waals surface area contributed by atoms with Gasteiger partial charge in [-0.25, -0.2) is 0 Å². The van der Waals surface area contributed by atoms with Gasteiger partial charge in [-0.3, -0.25) is 0 Å². The maximum absolute atomic E-state index is 9.55. The van der Waals surface area contributed by atoms with E-state index in [1.165, 1.54) is 5.06 Å². The molecule has 12 heavy (non-hydrogen) atoms. The van der Waals surface area contributed by atoms with Gasteiger partial charge in [0.25, 0.3) is 0 Å². The van der Waals surface area contributed by atoms with E-state index in [1.807, 2.05) is 0 Å². The fraction of sp³-hybridized carbons (Fsp3) is 1.00. The number of hydrogen-bond acceptors (Lipinski definition) is 3. The van der Waals surface area contributed by atoms with Crippen LogP contribution < -0.4 is 0 Å². The van der Waals surface area contributed by atoms with Gasteiger partial charge >= 0.3 is 0 Å². The van der Waals surface area contributed by atoms with Crippen LogP contribution in [0.4, 0.5) is 0 Å². The number of piperidine rings is 1. The molecule has 1 fully saturated rings. The highest BCUT2D eigenvalue weighted by Gasteiger charge is 2.34. The van der Waals surface area contributed by atoms with Crippen LogP contribution in [0.1, 0.15) is 26.7 Å². The van der Waals surface area contributed by atoms with E-state index in [9.17, 15) is 5.21 Å². The molecule has 1 aliphatic rings. The molecule has 0 aromatic rings. The Kier molecular flexibility index (Phi) is 2.76. The predicted molar refractivity (Wildman–Crippen MR) is 49.3 cm³/mol. The van der Waals surface area contributed by atoms with Crippen molar-refractivity contribution in [3.8, 4) is 0 Å². The largest absolute Gasteiger partial charge is 0.313 e. The van der Waals surface area contributed by atoms with Gasteiger partial charge in [0.05, 0.1) is 0 Å². The highest BCUT2D eigenvalue weighted by atomic mass is 16.5. The molecule has 0 aromatic carbocycles. The monoisotopic (exact) mass is 172 g/mol. The van der Waals surface area contributed by atoms with Crippen LogP contribution in [-0.2, 0) is 0 Å². The lowest BCUT2D eigenvalue weighted by Crippen LogP contribution is -2.52. The molecule has 3 heteroatoms. The summed E-state index contributed by atoms with van der Waals surface area (Å²) in [6, 6.07) is 0.614. The van der Waals surface area contributed by atoms with E-state index in [0.29, 0.717) is 6.04 Å². The lowest BCUT2D eigenvalue weighted by Gasteiger charge is -2.43. The van der Waals surface area contributed by atoms with E-state index in [2.05, 4.69) is 32.8 Å². The standard InChI is InChI=1S/C9H20N2O/c1-9(2)7-8(10(3)4)5-6-11(9)12/h8,12H,5-7H2,1-4H3. The van der Waals surface area contributed by atoms with Crippen LogP contribution in [0, 0.1) is 0 Å². The summed E-state index contributed by atoms with van der Waals surface area (Å²) >= 11 is 0. The number of hydroxylamine groups is 2.